The van der Waals surface area contributed by atoms with Gasteiger partial charge >= 0.3 is 5.97 Å². The van der Waals surface area contributed by atoms with Crippen molar-refractivity contribution in [2.75, 3.05) is 7.05 Å². The van der Waals surface area contributed by atoms with Crippen LogP contribution in [0.4, 0.5) is 0 Å². The lowest BCUT2D eigenvalue weighted by Gasteiger charge is -2.20. The monoisotopic (exact) mass is 272 g/mol. The van der Waals surface area contributed by atoms with Gasteiger partial charge in [-0.2, -0.15) is 0 Å². The number of pyridine rings is 1. The van der Waals surface area contributed by atoms with E-state index in [2.05, 4.69) is 20.9 Å². The Morgan fingerprint density at radius 2 is 2.33 bits per heavy atom. The normalized spacial score (nSPS) is 12.8. The lowest BCUT2D eigenvalue weighted by atomic mass is 10.2. The summed E-state index contributed by atoms with van der Waals surface area (Å²) in [5.74, 6) is -0.824. The van der Waals surface area contributed by atoms with Crippen LogP contribution in [0.3, 0.4) is 0 Å². The lowest BCUT2D eigenvalue weighted by molar-refractivity contribution is -0.142. The topological polar surface area (TPSA) is 53.4 Å². The summed E-state index contributed by atoms with van der Waals surface area (Å²) in [7, 11) is 1.77. The van der Waals surface area contributed by atoms with Gasteiger partial charge in [0.05, 0.1) is 5.69 Å². The summed E-state index contributed by atoms with van der Waals surface area (Å²) in [6, 6.07) is 3.26. The first kappa shape index (κ1) is 12.1. The van der Waals surface area contributed by atoms with Crippen molar-refractivity contribution in [1.82, 2.24) is 9.88 Å². The first-order valence-corrected chi connectivity index (χ1v) is 5.33. The second-order valence-electron chi connectivity index (χ2n) is 3.40. The Labute approximate surface area is 97.1 Å². The quantitative estimate of drug-likeness (QED) is 0.908. The van der Waals surface area contributed by atoms with Gasteiger partial charge in [-0.3, -0.25) is 14.7 Å². The molecule has 5 heteroatoms. The van der Waals surface area contributed by atoms with Gasteiger partial charge in [0.25, 0.3) is 0 Å². The second-order valence-corrected chi connectivity index (χ2v) is 4.31. The molecule has 0 aliphatic heterocycles. The van der Waals surface area contributed by atoms with E-state index in [0.717, 1.165) is 10.2 Å². The second kappa shape index (κ2) is 5.23. The molecule has 1 N–H and O–H groups in total. The molecule has 1 unspecified atom stereocenters. The van der Waals surface area contributed by atoms with E-state index in [-0.39, 0.29) is 0 Å². The molecule has 82 valence electrons. The number of carboxylic acids is 1. The van der Waals surface area contributed by atoms with Crippen LogP contribution in [0.5, 0.6) is 0 Å². The molecule has 1 aromatic heterocycles. The van der Waals surface area contributed by atoms with Crippen LogP contribution < -0.4 is 0 Å². The van der Waals surface area contributed by atoms with Gasteiger partial charge in [0.1, 0.15) is 6.04 Å². The minimum atomic E-state index is -0.824. The van der Waals surface area contributed by atoms with Crippen molar-refractivity contribution in [1.29, 1.82) is 0 Å². The summed E-state index contributed by atoms with van der Waals surface area (Å²) >= 11 is 3.29. The number of aromatic nitrogens is 1. The van der Waals surface area contributed by atoms with Gasteiger partial charge in [-0.1, -0.05) is 0 Å². The fraction of sp³-hybridized carbons (Fsp3) is 0.400. The smallest absolute Gasteiger partial charge is 0.320 e. The summed E-state index contributed by atoms with van der Waals surface area (Å²) in [6.07, 6.45) is 1.70. The molecule has 1 atom stereocenters. The molecule has 0 aromatic carbocycles. The number of likely N-dealkylation sites (N-methyl/N-ethyl adjacent to an activating group) is 1. The molecule has 0 bridgehead atoms. The molecule has 4 nitrogen and oxygen atoms in total. The summed E-state index contributed by atoms with van der Waals surface area (Å²) in [5, 5.41) is 8.80. The van der Waals surface area contributed by atoms with Gasteiger partial charge in [-0.05, 0) is 42.0 Å². The van der Waals surface area contributed by atoms with Crippen LogP contribution in [0.25, 0.3) is 0 Å². The standard InChI is InChI=1S/C10H13BrN2O2/c1-7(10(14)15)13(2)6-9-4-3-8(11)5-12-9/h3-5,7H,6H2,1-2H3,(H,14,15). The number of nitrogens with zero attached hydrogens (tertiary/aromatic N) is 2. The van der Waals surface area contributed by atoms with E-state index >= 15 is 0 Å². The largest absolute Gasteiger partial charge is 0.480 e. The van der Waals surface area contributed by atoms with Crippen molar-refractivity contribution < 1.29 is 9.90 Å². The van der Waals surface area contributed by atoms with E-state index in [1.165, 1.54) is 0 Å². The summed E-state index contributed by atoms with van der Waals surface area (Å²) < 4.78 is 0.917. The zero-order valence-corrected chi connectivity index (χ0v) is 10.2. The minimum absolute atomic E-state index is 0.504. The highest BCUT2D eigenvalue weighted by atomic mass is 79.9. The van der Waals surface area contributed by atoms with E-state index < -0.39 is 12.0 Å². The molecule has 0 spiro atoms. The van der Waals surface area contributed by atoms with Crippen molar-refractivity contribution in [3.63, 3.8) is 0 Å². The molecule has 15 heavy (non-hydrogen) atoms. The average molecular weight is 273 g/mol. The Kier molecular flexibility index (Phi) is 4.23. The van der Waals surface area contributed by atoms with Gasteiger partial charge < -0.3 is 5.11 Å². The molecule has 0 saturated heterocycles. The Hall–Kier alpha value is -0.940. The van der Waals surface area contributed by atoms with Crippen molar-refractivity contribution in [2.24, 2.45) is 0 Å². The van der Waals surface area contributed by atoms with Crippen LogP contribution in [0.15, 0.2) is 22.8 Å². The van der Waals surface area contributed by atoms with E-state index in [0.29, 0.717) is 6.54 Å². The van der Waals surface area contributed by atoms with E-state index in [1.54, 1.807) is 25.1 Å². The van der Waals surface area contributed by atoms with Crippen LogP contribution in [-0.2, 0) is 11.3 Å². The highest BCUT2D eigenvalue weighted by molar-refractivity contribution is 9.10. The molecule has 0 fully saturated rings. The van der Waals surface area contributed by atoms with Gasteiger partial charge in [0.15, 0.2) is 0 Å². The maximum absolute atomic E-state index is 10.7. The van der Waals surface area contributed by atoms with Gasteiger partial charge in [0.2, 0.25) is 0 Å². The maximum Gasteiger partial charge on any atom is 0.320 e. The molecular weight excluding hydrogens is 260 g/mol. The first-order chi connectivity index (χ1) is 7.00. The van der Waals surface area contributed by atoms with Crippen molar-refractivity contribution in [2.45, 2.75) is 19.5 Å². The lowest BCUT2D eigenvalue weighted by Crippen LogP contribution is -2.35. The van der Waals surface area contributed by atoms with Gasteiger partial charge in [0, 0.05) is 17.2 Å². The van der Waals surface area contributed by atoms with Crippen LogP contribution in [0.2, 0.25) is 0 Å². The minimum Gasteiger partial charge on any atom is -0.480 e. The zero-order valence-electron chi connectivity index (χ0n) is 8.64. The third-order valence-electron chi connectivity index (χ3n) is 2.22. The Balaban J connectivity index is 2.62. The predicted molar refractivity (Wildman–Crippen MR) is 60.5 cm³/mol. The summed E-state index contributed by atoms with van der Waals surface area (Å²) in [6.45, 7) is 2.18. The SMILES string of the molecule is CC(C(=O)O)N(C)Cc1ccc(Br)cn1. The first-order valence-electron chi connectivity index (χ1n) is 4.54. The molecule has 0 radical (unpaired) electrons. The third-order valence-corrected chi connectivity index (χ3v) is 2.69. The van der Waals surface area contributed by atoms with Crippen molar-refractivity contribution in [3.8, 4) is 0 Å². The highest BCUT2D eigenvalue weighted by Crippen LogP contribution is 2.09. The van der Waals surface area contributed by atoms with E-state index in [9.17, 15) is 4.79 Å². The fourth-order valence-electron chi connectivity index (χ4n) is 1.08. The molecule has 1 aromatic rings. The summed E-state index contributed by atoms with van der Waals surface area (Å²) in [5.41, 5.74) is 0.855. The van der Waals surface area contributed by atoms with E-state index in [4.69, 9.17) is 5.11 Å². The Morgan fingerprint density at radius 1 is 1.67 bits per heavy atom. The van der Waals surface area contributed by atoms with Crippen LogP contribution in [0, 0.1) is 0 Å². The van der Waals surface area contributed by atoms with Crippen molar-refractivity contribution in [3.05, 3.63) is 28.5 Å². The van der Waals surface area contributed by atoms with Crippen molar-refractivity contribution >= 4 is 21.9 Å². The molecule has 1 rings (SSSR count). The zero-order chi connectivity index (χ0) is 11.4. The number of carbonyl (C=O) groups is 1. The number of aliphatic carboxylic acids is 1. The van der Waals surface area contributed by atoms with Gasteiger partial charge in [-0.25, -0.2) is 0 Å². The highest BCUT2D eigenvalue weighted by Gasteiger charge is 2.16. The molecular formula is C10H13BrN2O2. The molecule has 0 amide bonds. The number of carboxylic acid groups (broad SMARTS) is 1. The summed E-state index contributed by atoms with van der Waals surface area (Å²) in [4.78, 5) is 16.6. The molecule has 1 heterocycles. The number of hydrogen-bond acceptors (Lipinski definition) is 3. The average Bonchev–Trinajstić information content (AvgIpc) is 2.20. The predicted octanol–water partition coefficient (Wildman–Crippen LogP) is 1.75. The van der Waals surface area contributed by atoms with Gasteiger partial charge in [-0.15, -0.1) is 0 Å². The van der Waals surface area contributed by atoms with Crippen LogP contribution in [0.1, 0.15) is 12.6 Å². The van der Waals surface area contributed by atoms with E-state index in [1.807, 2.05) is 12.1 Å². The maximum atomic E-state index is 10.7. The Bertz CT molecular complexity index is 340. The van der Waals surface area contributed by atoms with Crippen LogP contribution >= 0.6 is 15.9 Å². The molecule has 0 aliphatic rings. The fourth-order valence-corrected chi connectivity index (χ4v) is 1.32. The molecule has 0 saturated carbocycles. The Morgan fingerprint density at radius 3 is 2.80 bits per heavy atom. The molecule has 0 aliphatic carbocycles. The third kappa shape index (κ3) is 3.60. The van der Waals surface area contributed by atoms with Crippen LogP contribution in [-0.4, -0.2) is 34.0 Å². The number of halogens is 1. The number of hydrogen-bond donors (Lipinski definition) is 1. The number of rotatable bonds is 4.